The van der Waals surface area contributed by atoms with Gasteiger partial charge in [0.25, 0.3) is 0 Å². The van der Waals surface area contributed by atoms with Crippen molar-refractivity contribution < 1.29 is 0 Å². The van der Waals surface area contributed by atoms with E-state index in [1.165, 1.54) is 22.3 Å². The monoisotopic (exact) mass is 399 g/mol. The number of hydrogen-bond acceptors (Lipinski definition) is 4. The minimum atomic E-state index is 0.790. The summed E-state index contributed by atoms with van der Waals surface area (Å²) in [5, 5.41) is 7.13. The summed E-state index contributed by atoms with van der Waals surface area (Å²) in [4.78, 5) is 4.66. The molecule has 0 saturated heterocycles. The van der Waals surface area contributed by atoms with Crippen molar-refractivity contribution in [3.05, 3.63) is 68.5 Å². The molecule has 0 radical (unpaired) electrons. The molecule has 3 nitrogen and oxygen atoms in total. The fraction of sp³-hybridized carbons (Fsp3) is 0.158. The molecule has 0 saturated carbocycles. The number of benzene rings is 2. The number of anilines is 1. The lowest BCUT2D eigenvalue weighted by Crippen LogP contribution is -1.92. The standard InChI is InChI=1S/C19H18BrN3S/c1-12-8-13(2)18(14(3)9-12)17-11-24-19(22-17)23-21-10-15-4-6-16(20)7-5-15/h4-11H,1-3H3,(H,22,23)/b21-10-. The quantitative estimate of drug-likeness (QED) is 0.434. The Balaban J connectivity index is 1.75. The van der Waals surface area contributed by atoms with Gasteiger partial charge in [0.15, 0.2) is 0 Å². The van der Waals surface area contributed by atoms with E-state index in [2.05, 4.69) is 69.7 Å². The van der Waals surface area contributed by atoms with Crippen LogP contribution in [-0.2, 0) is 0 Å². The number of aromatic nitrogens is 1. The van der Waals surface area contributed by atoms with Crippen LogP contribution in [0.5, 0.6) is 0 Å². The van der Waals surface area contributed by atoms with Crippen LogP contribution in [0.4, 0.5) is 5.13 Å². The van der Waals surface area contributed by atoms with Crippen molar-refractivity contribution in [1.29, 1.82) is 0 Å². The summed E-state index contributed by atoms with van der Waals surface area (Å²) in [5.41, 5.74) is 10.0. The van der Waals surface area contributed by atoms with E-state index in [-0.39, 0.29) is 0 Å². The summed E-state index contributed by atoms with van der Waals surface area (Å²) >= 11 is 4.98. The zero-order valence-electron chi connectivity index (χ0n) is 13.8. The summed E-state index contributed by atoms with van der Waals surface area (Å²) < 4.78 is 1.06. The second-order valence-corrected chi connectivity index (χ2v) is 7.51. The fourth-order valence-electron chi connectivity index (χ4n) is 2.73. The number of halogens is 1. The third-order valence-corrected chi connectivity index (χ3v) is 4.96. The molecule has 2 aromatic carbocycles. The lowest BCUT2D eigenvalue weighted by molar-refractivity contribution is 1.26. The van der Waals surface area contributed by atoms with Crippen LogP contribution in [0.25, 0.3) is 11.3 Å². The summed E-state index contributed by atoms with van der Waals surface area (Å²) in [6.45, 7) is 6.38. The number of rotatable bonds is 4. The van der Waals surface area contributed by atoms with Gasteiger partial charge < -0.3 is 0 Å². The van der Waals surface area contributed by atoms with E-state index in [0.717, 1.165) is 20.9 Å². The molecule has 0 aliphatic rings. The van der Waals surface area contributed by atoms with Gasteiger partial charge in [-0.3, -0.25) is 5.43 Å². The normalized spacial score (nSPS) is 11.2. The molecule has 0 atom stereocenters. The topological polar surface area (TPSA) is 37.3 Å². The third-order valence-electron chi connectivity index (χ3n) is 3.68. The summed E-state index contributed by atoms with van der Waals surface area (Å²) in [6, 6.07) is 12.4. The minimum Gasteiger partial charge on any atom is -0.253 e. The lowest BCUT2D eigenvalue weighted by Gasteiger charge is -2.08. The molecule has 0 amide bonds. The van der Waals surface area contributed by atoms with Crippen LogP contribution in [0.1, 0.15) is 22.3 Å². The van der Waals surface area contributed by atoms with Crippen molar-refractivity contribution in [1.82, 2.24) is 4.98 Å². The molecule has 3 aromatic rings. The number of thiazole rings is 1. The highest BCUT2D eigenvalue weighted by Gasteiger charge is 2.10. The molecule has 0 aliphatic heterocycles. The van der Waals surface area contributed by atoms with Crippen LogP contribution in [0.3, 0.4) is 0 Å². The zero-order valence-corrected chi connectivity index (χ0v) is 16.2. The Bertz CT molecular complexity index is 859. The maximum atomic E-state index is 4.66. The molecule has 0 bridgehead atoms. The van der Waals surface area contributed by atoms with Gasteiger partial charge in [0.2, 0.25) is 5.13 Å². The number of nitrogens with one attached hydrogen (secondary N) is 1. The predicted octanol–water partition coefficient (Wildman–Crippen LogP) is 5.94. The first-order valence-electron chi connectivity index (χ1n) is 7.61. The van der Waals surface area contributed by atoms with E-state index in [9.17, 15) is 0 Å². The predicted molar refractivity (Wildman–Crippen MR) is 107 cm³/mol. The number of aryl methyl sites for hydroxylation is 3. The van der Waals surface area contributed by atoms with Crippen molar-refractivity contribution in [2.45, 2.75) is 20.8 Å². The van der Waals surface area contributed by atoms with Crippen LogP contribution in [-0.4, -0.2) is 11.2 Å². The van der Waals surface area contributed by atoms with E-state index in [1.807, 2.05) is 24.3 Å². The van der Waals surface area contributed by atoms with Gasteiger partial charge in [0.05, 0.1) is 11.9 Å². The second kappa shape index (κ2) is 7.28. The average Bonchev–Trinajstić information content (AvgIpc) is 2.97. The highest BCUT2D eigenvalue weighted by atomic mass is 79.9. The van der Waals surface area contributed by atoms with Gasteiger partial charge in [-0.2, -0.15) is 5.10 Å². The maximum Gasteiger partial charge on any atom is 0.203 e. The Kier molecular flexibility index (Phi) is 5.11. The molecule has 5 heteroatoms. The Labute approximate surface area is 154 Å². The lowest BCUT2D eigenvalue weighted by atomic mass is 9.98. The first kappa shape index (κ1) is 16.9. The highest BCUT2D eigenvalue weighted by Crippen LogP contribution is 2.31. The van der Waals surface area contributed by atoms with E-state index in [4.69, 9.17) is 0 Å². The molecule has 122 valence electrons. The summed E-state index contributed by atoms with van der Waals surface area (Å²) in [5.74, 6) is 0. The largest absolute Gasteiger partial charge is 0.253 e. The molecule has 3 rings (SSSR count). The van der Waals surface area contributed by atoms with Crippen LogP contribution < -0.4 is 5.43 Å². The summed E-state index contributed by atoms with van der Waals surface area (Å²) in [7, 11) is 0. The van der Waals surface area contributed by atoms with Crippen molar-refractivity contribution in [3.63, 3.8) is 0 Å². The smallest absolute Gasteiger partial charge is 0.203 e. The van der Waals surface area contributed by atoms with E-state index in [0.29, 0.717) is 0 Å². The second-order valence-electron chi connectivity index (χ2n) is 5.73. The number of hydrogen-bond donors (Lipinski definition) is 1. The fourth-order valence-corrected chi connectivity index (χ4v) is 3.65. The molecular formula is C19H18BrN3S. The first-order chi connectivity index (χ1) is 11.5. The van der Waals surface area contributed by atoms with Crippen molar-refractivity contribution in [2.24, 2.45) is 5.10 Å². The van der Waals surface area contributed by atoms with E-state index < -0.39 is 0 Å². The third kappa shape index (κ3) is 3.91. The molecular weight excluding hydrogens is 382 g/mol. The number of nitrogens with zero attached hydrogens (tertiary/aromatic N) is 2. The van der Waals surface area contributed by atoms with Gasteiger partial charge in [-0.15, -0.1) is 11.3 Å². The van der Waals surface area contributed by atoms with E-state index >= 15 is 0 Å². The molecule has 0 aliphatic carbocycles. The van der Waals surface area contributed by atoms with Crippen LogP contribution in [0, 0.1) is 20.8 Å². The van der Waals surface area contributed by atoms with Gasteiger partial charge in [-0.25, -0.2) is 4.98 Å². The SMILES string of the molecule is Cc1cc(C)c(-c2csc(N/N=C\c3ccc(Br)cc3)n2)c(C)c1. The van der Waals surface area contributed by atoms with Gasteiger partial charge in [0.1, 0.15) is 0 Å². The molecule has 0 spiro atoms. The van der Waals surface area contributed by atoms with Crippen LogP contribution in [0.2, 0.25) is 0 Å². The van der Waals surface area contributed by atoms with Gasteiger partial charge >= 0.3 is 0 Å². The zero-order chi connectivity index (χ0) is 17.1. The van der Waals surface area contributed by atoms with Crippen LogP contribution in [0.15, 0.2) is 51.4 Å². The Morgan fingerprint density at radius 2 is 1.75 bits per heavy atom. The van der Waals surface area contributed by atoms with Gasteiger partial charge in [-0.05, 0) is 49.6 Å². The van der Waals surface area contributed by atoms with Crippen molar-refractivity contribution >= 4 is 38.6 Å². The molecule has 24 heavy (non-hydrogen) atoms. The van der Waals surface area contributed by atoms with Gasteiger partial charge in [-0.1, -0.05) is 45.8 Å². The summed E-state index contributed by atoms with van der Waals surface area (Å²) in [6.07, 6.45) is 1.79. The van der Waals surface area contributed by atoms with E-state index in [1.54, 1.807) is 17.6 Å². The molecule has 0 fully saturated rings. The van der Waals surface area contributed by atoms with Crippen molar-refractivity contribution in [3.8, 4) is 11.3 Å². The molecule has 0 unspecified atom stereocenters. The van der Waals surface area contributed by atoms with Crippen molar-refractivity contribution in [2.75, 3.05) is 5.43 Å². The first-order valence-corrected chi connectivity index (χ1v) is 9.28. The Morgan fingerprint density at radius 3 is 2.42 bits per heavy atom. The highest BCUT2D eigenvalue weighted by molar-refractivity contribution is 9.10. The Morgan fingerprint density at radius 1 is 1.08 bits per heavy atom. The maximum absolute atomic E-state index is 4.66. The number of hydrazone groups is 1. The minimum absolute atomic E-state index is 0.790. The van der Waals surface area contributed by atoms with Crippen LogP contribution >= 0.6 is 27.3 Å². The average molecular weight is 400 g/mol. The van der Waals surface area contributed by atoms with Gasteiger partial charge in [0, 0.05) is 15.4 Å². The molecule has 1 aromatic heterocycles. The Hall–Kier alpha value is -1.98. The molecule has 1 N–H and O–H groups in total. The molecule has 1 heterocycles.